The van der Waals surface area contributed by atoms with Gasteiger partial charge in [-0.05, 0) is 51.6 Å². The lowest BCUT2D eigenvalue weighted by Crippen LogP contribution is -2.51. The summed E-state index contributed by atoms with van der Waals surface area (Å²) in [5, 5.41) is 3.46. The van der Waals surface area contributed by atoms with Gasteiger partial charge in [0.05, 0.1) is 0 Å². The number of hydrogen-bond acceptors (Lipinski definition) is 2. The van der Waals surface area contributed by atoms with Crippen molar-refractivity contribution in [1.29, 1.82) is 0 Å². The fourth-order valence-corrected chi connectivity index (χ4v) is 3.71. The average Bonchev–Trinajstić information content (AvgIpc) is 2.81. The van der Waals surface area contributed by atoms with Gasteiger partial charge >= 0.3 is 0 Å². The lowest BCUT2D eigenvalue weighted by atomic mass is 9.90. The van der Waals surface area contributed by atoms with Crippen molar-refractivity contribution >= 4 is 0 Å². The summed E-state index contributed by atoms with van der Waals surface area (Å²) >= 11 is 0. The van der Waals surface area contributed by atoms with Crippen LogP contribution in [-0.2, 0) is 0 Å². The minimum atomic E-state index is 0.743. The van der Waals surface area contributed by atoms with Crippen molar-refractivity contribution in [2.24, 2.45) is 11.8 Å². The van der Waals surface area contributed by atoms with Gasteiger partial charge in [-0.1, -0.05) is 19.8 Å². The van der Waals surface area contributed by atoms with Gasteiger partial charge < -0.3 is 10.2 Å². The molecule has 94 valence electrons. The van der Waals surface area contributed by atoms with E-state index < -0.39 is 0 Å². The molecule has 0 radical (unpaired) electrons. The molecule has 2 aliphatic rings. The summed E-state index contributed by atoms with van der Waals surface area (Å²) in [6.07, 6.45) is 7.22. The van der Waals surface area contributed by atoms with Gasteiger partial charge in [0.25, 0.3) is 0 Å². The number of rotatable bonds is 3. The van der Waals surface area contributed by atoms with E-state index in [4.69, 9.17) is 0 Å². The quantitative estimate of drug-likeness (QED) is 0.792. The Hall–Kier alpha value is -0.0800. The van der Waals surface area contributed by atoms with Crippen molar-refractivity contribution in [1.82, 2.24) is 10.2 Å². The van der Waals surface area contributed by atoms with Gasteiger partial charge in [0.1, 0.15) is 0 Å². The molecule has 0 amide bonds. The van der Waals surface area contributed by atoms with E-state index in [1.165, 1.54) is 45.2 Å². The Morgan fingerprint density at radius 1 is 1.19 bits per heavy atom. The van der Waals surface area contributed by atoms with Gasteiger partial charge in [-0.25, -0.2) is 0 Å². The van der Waals surface area contributed by atoms with Crippen molar-refractivity contribution in [2.45, 2.75) is 58.0 Å². The molecule has 0 spiro atoms. The molecule has 0 aromatic carbocycles. The molecule has 0 aromatic heterocycles. The zero-order valence-corrected chi connectivity index (χ0v) is 11.2. The third kappa shape index (κ3) is 2.60. The highest BCUT2D eigenvalue weighted by Crippen LogP contribution is 2.32. The Morgan fingerprint density at radius 3 is 2.44 bits per heavy atom. The molecule has 2 nitrogen and oxygen atoms in total. The van der Waals surface area contributed by atoms with Gasteiger partial charge in [0.2, 0.25) is 0 Å². The van der Waals surface area contributed by atoms with E-state index in [1.807, 2.05) is 0 Å². The Balaban J connectivity index is 1.86. The van der Waals surface area contributed by atoms with Gasteiger partial charge in [0.15, 0.2) is 0 Å². The van der Waals surface area contributed by atoms with Crippen LogP contribution in [0.5, 0.6) is 0 Å². The molecule has 1 saturated carbocycles. The first kappa shape index (κ1) is 12.4. The topological polar surface area (TPSA) is 15.3 Å². The van der Waals surface area contributed by atoms with Gasteiger partial charge in [0, 0.05) is 18.6 Å². The SMILES string of the molecule is CNC1CCN(C(C)C2CCCC2)CC1C. The molecule has 3 unspecified atom stereocenters. The van der Waals surface area contributed by atoms with Crippen LogP contribution in [0, 0.1) is 11.8 Å². The molecule has 1 saturated heterocycles. The van der Waals surface area contributed by atoms with E-state index >= 15 is 0 Å². The molecule has 0 bridgehead atoms. The summed E-state index contributed by atoms with van der Waals surface area (Å²) in [6, 6.07) is 1.56. The molecule has 2 fully saturated rings. The monoisotopic (exact) mass is 224 g/mol. The summed E-state index contributed by atoms with van der Waals surface area (Å²) in [5.41, 5.74) is 0. The highest BCUT2D eigenvalue weighted by Gasteiger charge is 2.31. The van der Waals surface area contributed by atoms with E-state index in [2.05, 4.69) is 31.1 Å². The minimum absolute atomic E-state index is 0.743. The standard InChI is InChI=1S/C14H28N2/c1-11-10-16(9-8-14(11)15-3)12(2)13-6-4-5-7-13/h11-15H,4-10H2,1-3H3. The second-order valence-corrected chi connectivity index (χ2v) is 5.94. The summed E-state index contributed by atoms with van der Waals surface area (Å²) in [4.78, 5) is 2.74. The second kappa shape index (κ2) is 5.50. The molecule has 1 heterocycles. The molecule has 3 atom stereocenters. The Labute approximate surface area is 101 Å². The maximum atomic E-state index is 3.46. The fraction of sp³-hybridized carbons (Fsp3) is 1.00. The van der Waals surface area contributed by atoms with Crippen molar-refractivity contribution in [2.75, 3.05) is 20.1 Å². The van der Waals surface area contributed by atoms with Crippen LogP contribution in [0.2, 0.25) is 0 Å². The van der Waals surface area contributed by atoms with Crippen LogP contribution in [0.1, 0.15) is 46.0 Å². The van der Waals surface area contributed by atoms with Gasteiger partial charge in [-0.3, -0.25) is 0 Å². The molecular weight excluding hydrogens is 196 g/mol. The predicted octanol–water partition coefficient (Wildman–Crippen LogP) is 2.49. The smallest absolute Gasteiger partial charge is 0.0114 e. The zero-order chi connectivity index (χ0) is 11.5. The first-order chi connectivity index (χ1) is 7.72. The number of piperidine rings is 1. The molecule has 16 heavy (non-hydrogen) atoms. The lowest BCUT2D eigenvalue weighted by Gasteiger charge is -2.42. The molecular formula is C14H28N2. The molecule has 1 aliphatic carbocycles. The summed E-state index contributed by atoms with van der Waals surface area (Å²) in [5.74, 6) is 1.79. The van der Waals surface area contributed by atoms with Crippen LogP contribution >= 0.6 is 0 Å². The van der Waals surface area contributed by atoms with E-state index in [9.17, 15) is 0 Å². The highest BCUT2D eigenvalue weighted by atomic mass is 15.2. The number of nitrogens with zero attached hydrogens (tertiary/aromatic N) is 1. The van der Waals surface area contributed by atoms with E-state index in [0.29, 0.717) is 0 Å². The molecule has 2 rings (SSSR count). The highest BCUT2D eigenvalue weighted by molar-refractivity contribution is 4.87. The first-order valence-corrected chi connectivity index (χ1v) is 7.13. The maximum absolute atomic E-state index is 3.46. The minimum Gasteiger partial charge on any atom is -0.317 e. The summed E-state index contributed by atoms with van der Waals surface area (Å²) in [6.45, 7) is 7.45. The summed E-state index contributed by atoms with van der Waals surface area (Å²) in [7, 11) is 2.11. The number of hydrogen-bond donors (Lipinski definition) is 1. The fourth-order valence-electron chi connectivity index (χ4n) is 3.71. The number of nitrogens with one attached hydrogen (secondary N) is 1. The Kier molecular flexibility index (Phi) is 4.26. The Bertz CT molecular complexity index is 211. The van der Waals surface area contributed by atoms with Crippen LogP contribution < -0.4 is 5.32 Å². The normalized spacial score (nSPS) is 35.4. The van der Waals surface area contributed by atoms with Crippen LogP contribution in [0.15, 0.2) is 0 Å². The number of likely N-dealkylation sites (tertiary alicyclic amines) is 1. The predicted molar refractivity (Wildman–Crippen MR) is 69.6 cm³/mol. The molecule has 1 N–H and O–H groups in total. The van der Waals surface area contributed by atoms with E-state index in [0.717, 1.165) is 23.9 Å². The van der Waals surface area contributed by atoms with Gasteiger partial charge in [-0.15, -0.1) is 0 Å². The molecule has 2 heteroatoms. The van der Waals surface area contributed by atoms with Crippen LogP contribution in [0.4, 0.5) is 0 Å². The molecule has 0 aromatic rings. The second-order valence-electron chi connectivity index (χ2n) is 5.94. The average molecular weight is 224 g/mol. The van der Waals surface area contributed by atoms with Crippen LogP contribution in [0.25, 0.3) is 0 Å². The van der Waals surface area contributed by atoms with E-state index in [-0.39, 0.29) is 0 Å². The van der Waals surface area contributed by atoms with Crippen LogP contribution in [0.3, 0.4) is 0 Å². The first-order valence-electron chi connectivity index (χ1n) is 7.13. The van der Waals surface area contributed by atoms with Crippen molar-refractivity contribution in [3.63, 3.8) is 0 Å². The van der Waals surface area contributed by atoms with E-state index in [1.54, 1.807) is 0 Å². The summed E-state index contributed by atoms with van der Waals surface area (Å²) < 4.78 is 0. The zero-order valence-electron chi connectivity index (χ0n) is 11.2. The van der Waals surface area contributed by atoms with Crippen molar-refractivity contribution in [3.05, 3.63) is 0 Å². The van der Waals surface area contributed by atoms with Crippen LogP contribution in [-0.4, -0.2) is 37.1 Å². The third-order valence-corrected chi connectivity index (χ3v) is 4.97. The van der Waals surface area contributed by atoms with Crippen molar-refractivity contribution in [3.8, 4) is 0 Å². The maximum Gasteiger partial charge on any atom is 0.0114 e. The lowest BCUT2D eigenvalue weighted by molar-refractivity contribution is 0.0849. The Morgan fingerprint density at radius 2 is 1.88 bits per heavy atom. The largest absolute Gasteiger partial charge is 0.317 e. The van der Waals surface area contributed by atoms with Gasteiger partial charge in [-0.2, -0.15) is 0 Å². The molecule has 1 aliphatic heterocycles. The third-order valence-electron chi connectivity index (χ3n) is 4.97. The van der Waals surface area contributed by atoms with Crippen molar-refractivity contribution < 1.29 is 0 Å².